The van der Waals surface area contributed by atoms with Gasteiger partial charge in [0.25, 0.3) is 0 Å². The second kappa shape index (κ2) is 5.94. The van der Waals surface area contributed by atoms with Gasteiger partial charge in [0, 0.05) is 10.6 Å². The van der Waals surface area contributed by atoms with Gasteiger partial charge in [-0.3, -0.25) is 4.79 Å². The molecular weight excluding hydrogens is 231 g/mol. The molecule has 0 aliphatic rings. The van der Waals surface area contributed by atoms with Crippen molar-refractivity contribution >= 4 is 34.5 Å². The van der Waals surface area contributed by atoms with Crippen LogP contribution < -0.4 is 0 Å². The Morgan fingerprint density at radius 1 is 1.33 bits per heavy atom. The van der Waals surface area contributed by atoms with E-state index in [0.717, 1.165) is 18.3 Å². The highest BCUT2D eigenvalue weighted by atomic mass is 35.5. The summed E-state index contributed by atoms with van der Waals surface area (Å²) in [6.45, 7) is 2.01. The molecule has 0 saturated carbocycles. The molecule has 3 heteroatoms. The SMILES string of the molecule is CCC/C(C=O)=C(\Cl)c1ccc(Cl)cc1. The van der Waals surface area contributed by atoms with Gasteiger partial charge in [0.1, 0.15) is 6.29 Å². The topological polar surface area (TPSA) is 17.1 Å². The summed E-state index contributed by atoms with van der Waals surface area (Å²) in [5.74, 6) is 0. The van der Waals surface area contributed by atoms with Crippen LogP contribution in [0, 0.1) is 0 Å². The lowest BCUT2D eigenvalue weighted by Gasteiger charge is -2.03. The fraction of sp³-hybridized carbons (Fsp3) is 0.250. The zero-order chi connectivity index (χ0) is 11.3. The average Bonchev–Trinajstić information content (AvgIpc) is 2.26. The number of carbonyl (C=O) groups excluding carboxylic acids is 1. The summed E-state index contributed by atoms with van der Waals surface area (Å²) >= 11 is 11.9. The van der Waals surface area contributed by atoms with Crippen LogP contribution in [0.2, 0.25) is 5.02 Å². The van der Waals surface area contributed by atoms with Crippen molar-refractivity contribution in [1.82, 2.24) is 0 Å². The first-order chi connectivity index (χ1) is 7.19. The molecule has 0 aliphatic heterocycles. The molecule has 0 fully saturated rings. The normalized spacial score (nSPS) is 12.2. The number of halogens is 2. The van der Waals surface area contributed by atoms with E-state index >= 15 is 0 Å². The van der Waals surface area contributed by atoms with Crippen LogP contribution in [-0.2, 0) is 4.79 Å². The van der Waals surface area contributed by atoms with Crippen LogP contribution in [0.5, 0.6) is 0 Å². The summed E-state index contributed by atoms with van der Waals surface area (Å²) < 4.78 is 0. The third-order valence-corrected chi connectivity index (χ3v) is 2.75. The van der Waals surface area contributed by atoms with Crippen LogP contribution in [0.15, 0.2) is 29.8 Å². The standard InChI is InChI=1S/C12H12Cl2O/c1-2-3-10(8-15)12(14)9-4-6-11(13)7-5-9/h4-8H,2-3H2,1H3/b12-10+. The first-order valence-corrected chi connectivity index (χ1v) is 5.54. The van der Waals surface area contributed by atoms with E-state index in [1.165, 1.54) is 0 Å². The van der Waals surface area contributed by atoms with E-state index in [2.05, 4.69) is 0 Å². The average molecular weight is 243 g/mol. The monoisotopic (exact) mass is 242 g/mol. The fourth-order valence-electron chi connectivity index (χ4n) is 1.27. The van der Waals surface area contributed by atoms with Crippen molar-refractivity contribution in [3.8, 4) is 0 Å². The number of hydrogen-bond acceptors (Lipinski definition) is 1. The molecule has 0 saturated heterocycles. The number of hydrogen-bond donors (Lipinski definition) is 0. The van der Waals surface area contributed by atoms with Crippen LogP contribution in [0.25, 0.3) is 5.03 Å². The van der Waals surface area contributed by atoms with Crippen molar-refractivity contribution in [2.45, 2.75) is 19.8 Å². The van der Waals surface area contributed by atoms with Gasteiger partial charge in [-0.25, -0.2) is 0 Å². The van der Waals surface area contributed by atoms with Gasteiger partial charge >= 0.3 is 0 Å². The lowest BCUT2D eigenvalue weighted by atomic mass is 10.1. The van der Waals surface area contributed by atoms with Gasteiger partial charge in [0.15, 0.2) is 0 Å². The summed E-state index contributed by atoms with van der Waals surface area (Å²) in [6, 6.07) is 7.13. The zero-order valence-corrected chi connectivity index (χ0v) is 9.98. The molecule has 1 aromatic carbocycles. The Kier molecular flexibility index (Phi) is 4.86. The van der Waals surface area contributed by atoms with Crippen molar-refractivity contribution in [3.05, 3.63) is 40.4 Å². The molecule has 0 unspecified atom stereocenters. The molecule has 1 rings (SSSR count). The molecule has 0 radical (unpaired) electrons. The Hall–Kier alpha value is -0.790. The summed E-state index contributed by atoms with van der Waals surface area (Å²) in [7, 11) is 0. The maximum atomic E-state index is 10.8. The highest BCUT2D eigenvalue weighted by Crippen LogP contribution is 2.25. The molecule has 0 amide bonds. The van der Waals surface area contributed by atoms with E-state index in [9.17, 15) is 4.79 Å². The fourth-order valence-corrected chi connectivity index (χ4v) is 1.66. The number of benzene rings is 1. The lowest BCUT2D eigenvalue weighted by molar-refractivity contribution is -0.105. The molecule has 0 spiro atoms. The van der Waals surface area contributed by atoms with Gasteiger partial charge in [-0.1, -0.05) is 48.7 Å². The Morgan fingerprint density at radius 2 is 1.93 bits per heavy atom. The third kappa shape index (κ3) is 3.37. The van der Waals surface area contributed by atoms with Crippen LogP contribution in [0.1, 0.15) is 25.3 Å². The van der Waals surface area contributed by atoms with E-state index in [4.69, 9.17) is 23.2 Å². The van der Waals surface area contributed by atoms with Crippen LogP contribution >= 0.6 is 23.2 Å². The number of rotatable bonds is 4. The lowest BCUT2D eigenvalue weighted by Crippen LogP contribution is -1.89. The zero-order valence-electron chi connectivity index (χ0n) is 8.47. The van der Waals surface area contributed by atoms with Gasteiger partial charge < -0.3 is 0 Å². The minimum Gasteiger partial charge on any atom is -0.298 e. The quantitative estimate of drug-likeness (QED) is 0.569. The maximum absolute atomic E-state index is 10.8. The summed E-state index contributed by atoms with van der Waals surface area (Å²) in [5, 5.41) is 1.18. The van der Waals surface area contributed by atoms with Gasteiger partial charge in [0.2, 0.25) is 0 Å². The van der Waals surface area contributed by atoms with E-state index in [1.807, 2.05) is 19.1 Å². The van der Waals surface area contributed by atoms with Gasteiger partial charge in [-0.15, -0.1) is 0 Å². The largest absolute Gasteiger partial charge is 0.298 e. The van der Waals surface area contributed by atoms with Crippen LogP contribution in [0.3, 0.4) is 0 Å². The molecule has 1 aromatic rings. The number of allylic oxidation sites excluding steroid dienone is 1. The molecule has 0 aromatic heterocycles. The van der Waals surface area contributed by atoms with E-state index in [1.54, 1.807) is 12.1 Å². The first kappa shape index (κ1) is 12.3. The van der Waals surface area contributed by atoms with E-state index < -0.39 is 0 Å². The number of aldehydes is 1. The van der Waals surface area contributed by atoms with Crippen LogP contribution in [-0.4, -0.2) is 6.29 Å². The van der Waals surface area contributed by atoms with Crippen molar-refractivity contribution in [3.63, 3.8) is 0 Å². The molecule has 15 heavy (non-hydrogen) atoms. The Balaban J connectivity index is 3.04. The first-order valence-electron chi connectivity index (χ1n) is 4.78. The smallest absolute Gasteiger partial charge is 0.147 e. The molecular formula is C12H12Cl2O. The van der Waals surface area contributed by atoms with Crippen LogP contribution in [0.4, 0.5) is 0 Å². The molecule has 1 nitrogen and oxygen atoms in total. The van der Waals surface area contributed by atoms with Gasteiger partial charge in [-0.2, -0.15) is 0 Å². The minimum atomic E-state index is 0.517. The predicted molar refractivity (Wildman–Crippen MR) is 65.2 cm³/mol. The molecule has 0 N–H and O–H groups in total. The molecule has 0 atom stereocenters. The molecule has 0 heterocycles. The van der Waals surface area contributed by atoms with Crippen molar-refractivity contribution in [2.24, 2.45) is 0 Å². The predicted octanol–water partition coefficient (Wildman–Crippen LogP) is 4.29. The second-order valence-electron chi connectivity index (χ2n) is 3.21. The highest BCUT2D eigenvalue weighted by molar-refractivity contribution is 6.50. The summed E-state index contributed by atoms with van der Waals surface area (Å²) in [6.07, 6.45) is 2.42. The Labute approximate surface area is 99.7 Å². The summed E-state index contributed by atoms with van der Waals surface area (Å²) in [5.41, 5.74) is 1.47. The third-order valence-electron chi connectivity index (χ3n) is 2.04. The summed E-state index contributed by atoms with van der Waals surface area (Å²) in [4.78, 5) is 10.8. The van der Waals surface area contributed by atoms with Gasteiger partial charge in [0.05, 0.1) is 5.03 Å². The van der Waals surface area contributed by atoms with Crippen molar-refractivity contribution < 1.29 is 4.79 Å². The van der Waals surface area contributed by atoms with Crippen molar-refractivity contribution in [1.29, 1.82) is 0 Å². The minimum absolute atomic E-state index is 0.517. The van der Waals surface area contributed by atoms with Crippen molar-refractivity contribution in [2.75, 3.05) is 0 Å². The van der Waals surface area contributed by atoms with E-state index in [-0.39, 0.29) is 0 Å². The van der Waals surface area contributed by atoms with Gasteiger partial charge in [-0.05, 0) is 24.1 Å². The molecule has 0 bridgehead atoms. The highest BCUT2D eigenvalue weighted by Gasteiger charge is 2.05. The van der Waals surface area contributed by atoms with E-state index in [0.29, 0.717) is 22.0 Å². The number of carbonyl (C=O) groups is 1. The second-order valence-corrected chi connectivity index (χ2v) is 4.03. The Bertz CT molecular complexity index is 366. The Morgan fingerprint density at radius 3 is 2.40 bits per heavy atom. The molecule has 80 valence electrons. The molecule has 0 aliphatic carbocycles. The maximum Gasteiger partial charge on any atom is 0.147 e.